The minimum atomic E-state index is -0.498. The summed E-state index contributed by atoms with van der Waals surface area (Å²) in [4.78, 5) is 23.8. The van der Waals surface area contributed by atoms with Crippen molar-refractivity contribution < 1.29 is 13.6 Å². The molecule has 0 fully saturated rings. The Morgan fingerprint density at radius 3 is 2.83 bits per heavy atom. The fourth-order valence-electron chi connectivity index (χ4n) is 2.24. The van der Waals surface area contributed by atoms with Gasteiger partial charge in [0.2, 0.25) is 5.91 Å². The van der Waals surface area contributed by atoms with Crippen molar-refractivity contribution in [3.05, 3.63) is 63.3 Å². The van der Waals surface area contributed by atoms with Crippen LogP contribution in [-0.2, 0) is 11.3 Å². The second-order valence-corrected chi connectivity index (χ2v) is 5.76. The summed E-state index contributed by atoms with van der Waals surface area (Å²) in [6.07, 6.45) is 0.0905. The Bertz CT molecular complexity index is 932. The van der Waals surface area contributed by atoms with Crippen LogP contribution in [0.2, 0.25) is 0 Å². The van der Waals surface area contributed by atoms with Crippen molar-refractivity contribution in [1.82, 2.24) is 4.57 Å². The topological polar surface area (TPSA) is 64.2 Å². The Hall–Kier alpha value is -2.41. The van der Waals surface area contributed by atoms with E-state index in [0.29, 0.717) is 21.3 Å². The molecule has 0 saturated heterocycles. The van der Waals surface area contributed by atoms with E-state index in [2.05, 4.69) is 21.2 Å². The number of fused-ring (bicyclic) bond motifs is 1. The molecule has 0 aliphatic heterocycles. The first-order valence-electron chi connectivity index (χ1n) is 6.88. The number of rotatable bonds is 4. The van der Waals surface area contributed by atoms with Crippen molar-refractivity contribution >= 4 is 38.6 Å². The predicted molar refractivity (Wildman–Crippen MR) is 87.8 cm³/mol. The average molecular weight is 379 g/mol. The van der Waals surface area contributed by atoms with E-state index in [1.165, 1.54) is 22.8 Å². The molecule has 0 unspecified atom stereocenters. The maximum atomic E-state index is 13.0. The first-order chi connectivity index (χ1) is 11.0. The summed E-state index contributed by atoms with van der Waals surface area (Å²) in [5.41, 5.74) is 1.60. The molecule has 0 aliphatic carbocycles. The van der Waals surface area contributed by atoms with E-state index in [1.54, 1.807) is 24.3 Å². The monoisotopic (exact) mass is 378 g/mol. The quantitative estimate of drug-likeness (QED) is 0.755. The third-order valence-electron chi connectivity index (χ3n) is 3.34. The number of aromatic nitrogens is 1. The SMILES string of the molecule is O=C(CCn1c(=O)oc2ccccc21)Nc1ccc(F)cc1Br. The largest absolute Gasteiger partial charge is 0.419 e. The highest BCUT2D eigenvalue weighted by atomic mass is 79.9. The van der Waals surface area contributed by atoms with Gasteiger partial charge in [-0.05, 0) is 46.3 Å². The lowest BCUT2D eigenvalue weighted by Gasteiger charge is -2.07. The van der Waals surface area contributed by atoms with Gasteiger partial charge in [-0.3, -0.25) is 9.36 Å². The number of anilines is 1. The highest BCUT2D eigenvalue weighted by Crippen LogP contribution is 2.23. The Labute approximate surface area is 138 Å². The normalized spacial score (nSPS) is 10.9. The van der Waals surface area contributed by atoms with Gasteiger partial charge >= 0.3 is 5.76 Å². The number of amides is 1. The maximum absolute atomic E-state index is 13.0. The lowest BCUT2D eigenvalue weighted by Crippen LogP contribution is -2.20. The van der Waals surface area contributed by atoms with Crippen molar-refractivity contribution in [1.29, 1.82) is 0 Å². The molecule has 0 bridgehead atoms. The summed E-state index contributed by atoms with van der Waals surface area (Å²) in [7, 11) is 0. The molecule has 1 amide bonds. The smallest absolute Gasteiger partial charge is 0.408 e. The van der Waals surface area contributed by atoms with E-state index in [9.17, 15) is 14.0 Å². The van der Waals surface area contributed by atoms with Crippen LogP contribution in [0.1, 0.15) is 6.42 Å². The third kappa shape index (κ3) is 3.34. The maximum Gasteiger partial charge on any atom is 0.419 e. The number of oxazole rings is 1. The molecular weight excluding hydrogens is 367 g/mol. The highest BCUT2D eigenvalue weighted by molar-refractivity contribution is 9.10. The first kappa shape index (κ1) is 15.5. The molecule has 1 N–H and O–H groups in total. The summed E-state index contributed by atoms with van der Waals surface area (Å²) in [6, 6.07) is 11.0. The molecule has 0 atom stereocenters. The van der Waals surface area contributed by atoms with Crippen LogP contribution in [0.3, 0.4) is 0 Å². The molecule has 0 spiro atoms. The van der Waals surface area contributed by atoms with Crippen molar-refractivity contribution in [2.75, 3.05) is 5.32 Å². The van der Waals surface area contributed by atoms with Gasteiger partial charge < -0.3 is 9.73 Å². The zero-order chi connectivity index (χ0) is 16.4. The fourth-order valence-corrected chi connectivity index (χ4v) is 2.69. The second kappa shape index (κ2) is 6.37. The number of hydrogen-bond acceptors (Lipinski definition) is 3. The average Bonchev–Trinajstić information content (AvgIpc) is 2.83. The van der Waals surface area contributed by atoms with Crippen molar-refractivity contribution in [3.63, 3.8) is 0 Å². The zero-order valence-corrected chi connectivity index (χ0v) is 13.5. The molecule has 3 aromatic rings. The van der Waals surface area contributed by atoms with Gasteiger partial charge in [-0.25, -0.2) is 9.18 Å². The van der Waals surface area contributed by atoms with E-state index < -0.39 is 11.6 Å². The lowest BCUT2D eigenvalue weighted by atomic mass is 10.3. The van der Waals surface area contributed by atoms with Crippen LogP contribution >= 0.6 is 15.9 Å². The van der Waals surface area contributed by atoms with E-state index in [-0.39, 0.29) is 18.9 Å². The van der Waals surface area contributed by atoms with Crippen molar-refractivity contribution in [2.24, 2.45) is 0 Å². The Morgan fingerprint density at radius 2 is 2.04 bits per heavy atom. The molecule has 118 valence electrons. The molecular formula is C16H12BrFN2O3. The molecule has 7 heteroatoms. The Balaban J connectivity index is 1.71. The molecule has 0 saturated carbocycles. The summed E-state index contributed by atoms with van der Waals surface area (Å²) in [5, 5.41) is 2.67. The number of nitrogens with zero attached hydrogens (tertiary/aromatic N) is 1. The van der Waals surface area contributed by atoms with Crippen molar-refractivity contribution in [2.45, 2.75) is 13.0 Å². The molecule has 5 nitrogen and oxygen atoms in total. The number of nitrogens with one attached hydrogen (secondary N) is 1. The van der Waals surface area contributed by atoms with Gasteiger partial charge in [-0.15, -0.1) is 0 Å². The summed E-state index contributed by atoms with van der Waals surface area (Å²) in [6.45, 7) is 0.195. The predicted octanol–water partition coefficient (Wildman–Crippen LogP) is 3.52. The number of para-hydroxylation sites is 2. The molecule has 1 aromatic heterocycles. The second-order valence-electron chi connectivity index (χ2n) is 4.91. The van der Waals surface area contributed by atoms with Crippen LogP contribution < -0.4 is 11.1 Å². The molecule has 1 heterocycles. The van der Waals surface area contributed by atoms with Gasteiger partial charge in [0, 0.05) is 17.4 Å². The molecule has 0 aliphatic rings. The van der Waals surface area contributed by atoms with Gasteiger partial charge in [-0.1, -0.05) is 12.1 Å². The highest BCUT2D eigenvalue weighted by Gasteiger charge is 2.11. The molecule has 0 radical (unpaired) electrons. The zero-order valence-electron chi connectivity index (χ0n) is 11.9. The van der Waals surface area contributed by atoms with Crippen LogP contribution in [0.15, 0.2) is 56.1 Å². The summed E-state index contributed by atoms with van der Waals surface area (Å²) >= 11 is 3.18. The van der Waals surface area contributed by atoms with Crippen LogP contribution in [0.25, 0.3) is 11.1 Å². The minimum absolute atomic E-state index is 0.0905. The number of aryl methyl sites for hydroxylation is 1. The van der Waals surface area contributed by atoms with Crippen LogP contribution in [0, 0.1) is 5.82 Å². The Kier molecular flexibility index (Phi) is 4.29. The Morgan fingerprint density at radius 1 is 1.26 bits per heavy atom. The van der Waals surface area contributed by atoms with E-state index in [4.69, 9.17) is 4.42 Å². The van der Waals surface area contributed by atoms with Crippen LogP contribution in [0.5, 0.6) is 0 Å². The van der Waals surface area contributed by atoms with E-state index in [0.717, 1.165) is 0 Å². The third-order valence-corrected chi connectivity index (χ3v) is 4.00. The van der Waals surface area contributed by atoms with Gasteiger partial charge in [0.15, 0.2) is 5.58 Å². The van der Waals surface area contributed by atoms with Gasteiger partial charge in [0.25, 0.3) is 0 Å². The van der Waals surface area contributed by atoms with E-state index in [1.807, 2.05) is 0 Å². The summed E-state index contributed by atoms with van der Waals surface area (Å²) < 4.78 is 20.0. The van der Waals surface area contributed by atoms with Gasteiger partial charge in [0.1, 0.15) is 5.82 Å². The fraction of sp³-hybridized carbons (Fsp3) is 0.125. The van der Waals surface area contributed by atoms with Crippen LogP contribution in [0.4, 0.5) is 10.1 Å². The standard InChI is InChI=1S/C16H12BrFN2O3/c17-11-9-10(18)5-6-12(11)19-15(21)7-8-20-13-3-1-2-4-14(13)23-16(20)22/h1-6,9H,7-8H2,(H,19,21). The van der Waals surface area contributed by atoms with Gasteiger partial charge in [0.05, 0.1) is 11.2 Å². The number of hydrogen-bond donors (Lipinski definition) is 1. The summed E-state index contributed by atoms with van der Waals surface area (Å²) in [5.74, 6) is -1.18. The molecule has 2 aromatic carbocycles. The van der Waals surface area contributed by atoms with Crippen LogP contribution in [-0.4, -0.2) is 10.5 Å². The molecule has 3 rings (SSSR count). The number of benzene rings is 2. The lowest BCUT2D eigenvalue weighted by molar-refractivity contribution is -0.116. The molecule has 23 heavy (non-hydrogen) atoms. The number of carbonyl (C=O) groups is 1. The van der Waals surface area contributed by atoms with Crippen molar-refractivity contribution in [3.8, 4) is 0 Å². The first-order valence-corrected chi connectivity index (χ1v) is 7.67. The number of halogens is 2. The number of carbonyl (C=O) groups excluding carboxylic acids is 1. The minimum Gasteiger partial charge on any atom is -0.408 e. The van der Waals surface area contributed by atoms with E-state index >= 15 is 0 Å². The van der Waals surface area contributed by atoms with Gasteiger partial charge in [-0.2, -0.15) is 0 Å².